The Hall–Kier alpha value is -2.71. The summed E-state index contributed by atoms with van der Waals surface area (Å²) in [5.41, 5.74) is 6.26. The third-order valence-corrected chi connectivity index (χ3v) is 4.68. The number of hydrogen-bond donors (Lipinski definition) is 3. The summed E-state index contributed by atoms with van der Waals surface area (Å²) in [6, 6.07) is 12.1. The van der Waals surface area contributed by atoms with Crippen molar-refractivity contribution in [3.8, 4) is 0 Å². The van der Waals surface area contributed by atoms with Gasteiger partial charge in [0.05, 0.1) is 4.90 Å². The van der Waals surface area contributed by atoms with Crippen molar-refractivity contribution in [2.75, 3.05) is 0 Å². The van der Waals surface area contributed by atoms with Gasteiger partial charge in [0.2, 0.25) is 10.0 Å². The fourth-order valence-corrected chi connectivity index (χ4v) is 2.69. The molecule has 26 heavy (non-hydrogen) atoms. The average Bonchev–Trinajstić information content (AvgIpc) is 2.58. The number of nitrogens with two attached hydrogens (primary N) is 1. The number of carbonyl (C=O) groups is 2. The van der Waals surface area contributed by atoms with Crippen LogP contribution in [0.25, 0.3) is 0 Å². The number of hydrazine groups is 1. The monoisotopic (exact) mass is 375 g/mol. The minimum atomic E-state index is -3.82. The van der Waals surface area contributed by atoms with Crippen molar-refractivity contribution in [1.29, 1.82) is 0 Å². The standard InChI is InChI=1S/C18H21N3O4S/c1-18(2,3)14-8-4-12(5-9-14)16(22)20-21-17(23)13-6-10-15(11-7-13)26(19,24)25/h4-11H,1-3H3,(H,20,22)(H,21,23)(H2,19,24,25). The van der Waals surface area contributed by atoms with Gasteiger partial charge in [-0.1, -0.05) is 32.9 Å². The Morgan fingerprint density at radius 1 is 0.808 bits per heavy atom. The molecule has 7 nitrogen and oxygen atoms in total. The van der Waals surface area contributed by atoms with Gasteiger partial charge < -0.3 is 0 Å². The summed E-state index contributed by atoms with van der Waals surface area (Å²) in [5.74, 6) is -1.04. The maximum absolute atomic E-state index is 12.1. The molecule has 0 saturated carbocycles. The molecule has 0 aliphatic carbocycles. The summed E-state index contributed by atoms with van der Waals surface area (Å²) in [5, 5.41) is 5.00. The molecule has 0 aliphatic rings. The van der Waals surface area contributed by atoms with Gasteiger partial charge in [0.1, 0.15) is 0 Å². The molecule has 2 aromatic rings. The van der Waals surface area contributed by atoms with Crippen LogP contribution in [0.15, 0.2) is 53.4 Å². The van der Waals surface area contributed by atoms with E-state index in [1.54, 1.807) is 12.1 Å². The van der Waals surface area contributed by atoms with Crippen LogP contribution in [-0.2, 0) is 15.4 Å². The molecule has 2 aromatic carbocycles. The van der Waals surface area contributed by atoms with Crippen molar-refractivity contribution in [2.45, 2.75) is 31.1 Å². The van der Waals surface area contributed by atoms with Crippen LogP contribution in [-0.4, -0.2) is 20.2 Å². The Morgan fingerprint density at radius 3 is 1.54 bits per heavy atom. The van der Waals surface area contributed by atoms with E-state index < -0.39 is 21.8 Å². The summed E-state index contributed by atoms with van der Waals surface area (Å²) in [4.78, 5) is 24.0. The molecule has 2 rings (SSSR count). The van der Waals surface area contributed by atoms with Crippen molar-refractivity contribution in [1.82, 2.24) is 10.9 Å². The van der Waals surface area contributed by atoms with Gasteiger partial charge in [-0.25, -0.2) is 13.6 Å². The molecule has 0 bridgehead atoms. The van der Waals surface area contributed by atoms with Gasteiger partial charge >= 0.3 is 0 Å². The number of primary sulfonamides is 1. The van der Waals surface area contributed by atoms with E-state index in [0.29, 0.717) is 5.56 Å². The summed E-state index contributed by atoms with van der Waals surface area (Å²) >= 11 is 0. The van der Waals surface area contributed by atoms with Crippen LogP contribution < -0.4 is 16.0 Å². The predicted molar refractivity (Wildman–Crippen MR) is 97.9 cm³/mol. The van der Waals surface area contributed by atoms with Crippen molar-refractivity contribution in [3.63, 3.8) is 0 Å². The van der Waals surface area contributed by atoms with Crippen molar-refractivity contribution in [2.24, 2.45) is 5.14 Å². The van der Waals surface area contributed by atoms with E-state index in [-0.39, 0.29) is 15.9 Å². The molecule has 0 aliphatic heterocycles. The molecule has 8 heteroatoms. The van der Waals surface area contributed by atoms with Crippen LogP contribution in [0.3, 0.4) is 0 Å². The van der Waals surface area contributed by atoms with E-state index in [1.165, 1.54) is 24.3 Å². The first-order valence-electron chi connectivity index (χ1n) is 7.82. The van der Waals surface area contributed by atoms with Gasteiger partial charge in [-0.15, -0.1) is 0 Å². The van der Waals surface area contributed by atoms with Gasteiger partial charge in [-0.2, -0.15) is 0 Å². The number of amides is 2. The van der Waals surface area contributed by atoms with Crippen LogP contribution in [0.2, 0.25) is 0 Å². The lowest BCUT2D eigenvalue weighted by atomic mass is 9.87. The number of carbonyl (C=O) groups excluding carboxylic acids is 2. The van der Waals surface area contributed by atoms with Gasteiger partial charge in [0, 0.05) is 11.1 Å². The highest BCUT2D eigenvalue weighted by Gasteiger charge is 2.15. The second-order valence-corrected chi connectivity index (χ2v) is 8.37. The highest BCUT2D eigenvalue weighted by Crippen LogP contribution is 2.22. The van der Waals surface area contributed by atoms with E-state index in [0.717, 1.165) is 5.56 Å². The molecule has 4 N–H and O–H groups in total. The number of hydrogen-bond acceptors (Lipinski definition) is 4. The maximum atomic E-state index is 12.1. The SMILES string of the molecule is CC(C)(C)c1ccc(C(=O)NNC(=O)c2ccc(S(N)(=O)=O)cc2)cc1. The van der Waals surface area contributed by atoms with Crippen molar-refractivity contribution < 1.29 is 18.0 Å². The zero-order valence-corrected chi connectivity index (χ0v) is 15.6. The topological polar surface area (TPSA) is 118 Å². The fraction of sp³-hybridized carbons (Fsp3) is 0.222. The molecule has 0 unspecified atom stereocenters. The Kier molecular flexibility index (Phi) is 5.48. The summed E-state index contributed by atoms with van der Waals surface area (Å²) in [7, 11) is -3.82. The fourth-order valence-electron chi connectivity index (χ4n) is 2.18. The van der Waals surface area contributed by atoms with Gasteiger partial charge in [0.15, 0.2) is 0 Å². The zero-order chi connectivity index (χ0) is 19.5. The lowest BCUT2D eigenvalue weighted by Gasteiger charge is -2.19. The molecule has 0 spiro atoms. The Labute approximate surface area is 152 Å². The number of rotatable bonds is 3. The lowest BCUT2D eigenvalue weighted by molar-refractivity contribution is 0.0846. The second-order valence-electron chi connectivity index (χ2n) is 6.80. The number of nitrogens with one attached hydrogen (secondary N) is 2. The first-order valence-corrected chi connectivity index (χ1v) is 9.37. The van der Waals surface area contributed by atoms with Crippen LogP contribution >= 0.6 is 0 Å². The molecule has 0 fully saturated rings. The Morgan fingerprint density at radius 2 is 1.19 bits per heavy atom. The van der Waals surface area contributed by atoms with E-state index in [1.807, 2.05) is 12.1 Å². The van der Waals surface area contributed by atoms with E-state index in [4.69, 9.17) is 5.14 Å². The quantitative estimate of drug-likeness (QED) is 0.708. The molecule has 0 radical (unpaired) electrons. The molecule has 0 atom stereocenters. The molecule has 138 valence electrons. The van der Waals surface area contributed by atoms with Crippen molar-refractivity contribution in [3.05, 3.63) is 65.2 Å². The van der Waals surface area contributed by atoms with Gasteiger partial charge in [0.25, 0.3) is 11.8 Å². The zero-order valence-electron chi connectivity index (χ0n) is 14.7. The molecule has 0 aromatic heterocycles. The van der Waals surface area contributed by atoms with E-state index in [9.17, 15) is 18.0 Å². The van der Waals surface area contributed by atoms with Crippen LogP contribution in [0, 0.1) is 0 Å². The van der Waals surface area contributed by atoms with Gasteiger partial charge in [-0.05, 0) is 47.4 Å². The third-order valence-electron chi connectivity index (χ3n) is 3.75. The summed E-state index contributed by atoms with van der Waals surface area (Å²) in [6.45, 7) is 6.22. The minimum absolute atomic E-state index is 0.0214. The Balaban J connectivity index is 1.99. The van der Waals surface area contributed by atoms with Crippen molar-refractivity contribution >= 4 is 21.8 Å². The third kappa shape index (κ3) is 4.90. The lowest BCUT2D eigenvalue weighted by Crippen LogP contribution is -2.41. The minimum Gasteiger partial charge on any atom is -0.267 e. The molecular formula is C18H21N3O4S. The highest BCUT2D eigenvalue weighted by molar-refractivity contribution is 7.89. The van der Waals surface area contributed by atoms with E-state index >= 15 is 0 Å². The number of benzene rings is 2. The van der Waals surface area contributed by atoms with E-state index in [2.05, 4.69) is 31.6 Å². The van der Waals surface area contributed by atoms with Gasteiger partial charge in [-0.3, -0.25) is 20.4 Å². The summed E-state index contributed by atoms with van der Waals surface area (Å²) < 4.78 is 22.4. The van der Waals surface area contributed by atoms with Crippen LogP contribution in [0.1, 0.15) is 47.1 Å². The molecule has 0 saturated heterocycles. The molecule has 0 heterocycles. The highest BCUT2D eigenvalue weighted by atomic mass is 32.2. The first-order chi connectivity index (χ1) is 12.0. The Bertz CT molecular complexity index is 912. The van der Waals surface area contributed by atoms with Crippen LogP contribution in [0.4, 0.5) is 0 Å². The molecular weight excluding hydrogens is 354 g/mol. The molecule has 2 amide bonds. The average molecular weight is 375 g/mol. The maximum Gasteiger partial charge on any atom is 0.269 e. The second kappa shape index (κ2) is 7.27. The first kappa shape index (κ1) is 19.6. The predicted octanol–water partition coefficient (Wildman–Crippen LogP) is 1.71. The normalized spacial score (nSPS) is 11.7. The largest absolute Gasteiger partial charge is 0.269 e. The summed E-state index contributed by atoms with van der Waals surface area (Å²) in [6.07, 6.45) is 0. The van der Waals surface area contributed by atoms with Crippen LogP contribution in [0.5, 0.6) is 0 Å². The number of sulfonamides is 1. The smallest absolute Gasteiger partial charge is 0.267 e.